The van der Waals surface area contributed by atoms with Crippen molar-refractivity contribution >= 4 is 23.6 Å². The quantitative estimate of drug-likeness (QED) is 0.496. The topological polar surface area (TPSA) is 92.3 Å². The fourth-order valence-electron chi connectivity index (χ4n) is 2.61. The number of ether oxygens (including phenoxy) is 5. The number of amides is 1. The maximum atomic E-state index is 12.3. The Kier molecular flexibility index (Phi) is 8.10. The first-order valence-electron chi connectivity index (χ1n) is 9.06. The first-order valence-corrected chi connectivity index (χ1v) is 9.06. The lowest BCUT2D eigenvalue weighted by Gasteiger charge is -2.14. The molecule has 160 valence electrons. The van der Waals surface area contributed by atoms with E-state index in [1.807, 2.05) is 0 Å². The highest BCUT2D eigenvalue weighted by atomic mass is 16.5. The molecule has 1 atom stereocenters. The number of anilines is 1. The van der Waals surface area contributed by atoms with Gasteiger partial charge in [0, 0.05) is 6.08 Å². The molecule has 30 heavy (non-hydrogen) atoms. The van der Waals surface area contributed by atoms with E-state index in [0.29, 0.717) is 34.2 Å². The Morgan fingerprint density at radius 1 is 0.900 bits per heavy atom. The number of esters is 1. The lowest BCUT2D eigenvalue weighted by Crippen LogP contribution is -2.29. The Hall–Kier alpha value is -3.68. The number of rotatable bonds is 9. The zero-order valence-corrected chi connectivity index (χ0v) is 17.6. The largest absolute Gasteiger partial charge is 0.495 e. The molecule has 8 heteroatoms. The molecular weight excluding hydrogens is 390 g/mol. The molecule has 0 aliphatic heterocycles. The van der Waals surface area contributed by atoms with Crippen molar-refractivity contribution < 1.29 is 33.3 Å². The van der Waals surface area contributed by atoms with Gasteiger partial charge in [-0.3, -0.25) is 4.79 Å². The molecule has 0 fully saturated rings. The van der Waals surface area contributed by atoms with Gasteiger partial charge >= 0.3 is 5.97 Å². The number of carbonyl (C=O) groups is 2. The summed E-state index contributed by atoms with van der Waals surface area (Å²) < 4.78 is 26.2. The number of hydrogen-bond donors (Lipinski definition) is 1. The molecule has 0 heterocycles. The van der Waals surface area contributed by atoms with E-state index in [4.69, 9.17) is 23.7 Å². The van der Waals surface area contributed by atoms with Crippen molar-refractivity contribution in [1.29, 1.82) is 0 Å². The molecule has 2 aromatic carbocycles. The van der Waals surface area contributed by atoms with Gasteiger partial charge in [-0.2, -0.15) is 0 Å². The van der Waals surface area contributed by atoms with Crippen LogP contribution < -0.4 is 24.3 Å². The lowest BCUT2D eigenvalue weighted by atomic mass is 10.1. The second kappa shape index (κ2) is 10.8. The molecule has 0 saturated heterocycles. The van der Waals surface area contributed by atoms with Crippen molar-refractivity contribution in [1.82, 2.24) is 0 Å². The highest BCUT2D eigenvalue weighted by Crippen LogP contribution is 2.38. The summed E-state index contributed by atoms with van der Waals surface area (Å²) in [6, 6.07) is 10.3. The van der Waals surface area contributed by atoms with Crippen molar-refractivity contribution in [2.24, 2.45) is 0 Å². The third-order valence-electron chi connectivity index (χ3n) is 4.13. The number of benzene rings is 2. The van der Waals surface area contributed by atoms with Crippen LogP contribution in [0.3, 0.4) is 0 Å². The molecule has 2 aromatic rings. The summed E-state index contributed by atoms with van der Waals surface area (Å²) in [6.07, 6.45) is 1.73. The Morgan fingerprint density at radius 3 is 2.07 bits per heavy atom. The molecule has 0 unspecified atom stereocenters. The summed E-state index contributed by atoms with van der Waals surface area (Å²) in [5, 5.41) is 2.67. The monoisotopic (exact) mass is 415 g/mol. The van der Waals surface area contributed by atoms with Crippen molar-refractivity contribution in [2.45, 2.75) is 13.0 Å². The van der Waals surface area contributed by atoms with Crippen LogP contribution in [-0.4, -0.2) is 46.4 Å². The van der Waals surface area contributed by atoms with Gasteiger partial charge in [-0.1, -0.05) is 12.1 Å². The molecular formula is C22H25NO7. The number of nitrogens with one attached hydrogen (secondary N) is 1. The van der Waals surface area contributed by atoms with E-state index in [-0.39, 0.29) is 0 Å². The van der Waals surface area contributed by atoms with E-state index in [1.165, 1.54) is 47.5 Å². The summed E-state index contributed by atoms with van der Waals surface area (Å²) in [6.45, 7) is 1.48. The summed E-state index contributed by atoms with van der Waals surface area (Å²) >= 11 is 0. The maximum absolute atomic E-state index is 12.3. The maximum Gasteiger partial charge on any atom is 0.331 e. The second-order valence-corrected chi connectivity index (χ2v) is 6.06. The molecule has 2 rings (SSSR count). The minimum atomic E-state index is -1.01. The van der Waals surface area contributed by atoms with Crippen LogP contribution >= 0.6 is 0 Å². The summed E-state index contributed by atoms with van der Waals surface area (Å²) in [5.41, 5.74) is 1.12. The Balaban J connectivity index is 2.04. The van der Waals surface area contributed by atoms with Crippen molar-refractivity contribution in [3.8, 4) is 23.0 Å². The molecule has 0 saturated carbocycles. The predicted molar refractivity (Wildman–Crippen MR) is 112 cm³/mol. The number of para-hydroxylation sites is 2. The van der Waals surface area contributed by atoms with Crippen LogP contribution in [0, 0.1) is 0 Å². The highest BCUT2D eigenvalue weighted by molar-refractivity contribution is 5.97. The van der Waals surface area contributed by atoms with E-state index >= 15 is 0 Å². The Morgan fingerprint density at radius 2 is 1.50 bits per heavy atom. The molecule has 1 amide bonds. The van der Waals surface area contributed by atoms with Gasteiger partial charge in [0.1, 0.15) is 5.75 Å². The van der Waals surface area contributed by atoms with Gasteiger partial charge in [0.15, 0.2) is 17.6 Å². The minimum absolute atomic E-state index is 0.446. The standard InChI is InChI=1S/C22H25NO7/c1-14(22(25)23-16-8-6-7-9-17(16)26-2)30-20(24)11-10-15-12-18(27-3)21(29-5)19(13-15)28-4/h6-14H,1-5H3,(H,23,25)/b11-10+/t14-/m1/s1. The van der Waals surface area contributed by atoms with Gasteiger partial charge in [-0.25, -0.2) is 4.79 Å². The molecule has 1 N–H and O–H groups in total. The van der Waals surface area contributed by atoms with Crippen molar-refractivity contribution in [3.63, 3.8) is 0 Å². The molecule has 0 radical (unpaired) electrons. The SMILES string of the molecule is COc1ccccc1NC(=O)[C@@H](C)OC(=O)/C=C/c1cc(OC)c(OC)c(OC)c1. The van der Waals surface area contributed by atoms with Crippen LogP contribution in [0.1, 0.15) is 12.5 Å². The average molecular weight is 415 g/mol. The molecule has 0 aliphatic rings. The van der Waals surface area contributed by atoms with Crippen molar-refractivity contribution in [2.75, 3.05) is 33.8 Å². The van der Waals surface area contributed by atoms with Crippen LogP contribution in [0.4, 0.5) is 5.69 Å². The zero-order chi connectivity index (χ0) is 22.1. The van der Waals surface area contributed by atoms with Crippen LogP contribution in [0.5, 0.6) is 23.0 Å². The van der Waals surface area contributed by atoms with E-state index in [9.17, 15) is 9.59 Å². The normalized spacial score (nSPS) is 11.5. The smallest absolute Gasteiger partial charge is 0.331 e. The van der Waals surface area contributed by atoms with Crippen LogP contribution in [0.25, 0.3) is 6.08 Å². The van der Waals surface area contributed by atoms with Crippen LogP contribution in [0.15, 0.2) is 42.5 Å². The van der Waals surface area contributed by atoms with Crippen LogP contribution in [-0.2, 0) is 14.3 Å². The first kappa shape index (κ1) is 22.6. The average Bonchev–Trinajstić information content (AvgIpc) is 2.76. The van der Waals surface area contributed by atoms with Crippen molar-refractivity contribution in [3.05, 3.63) is 48.0 Å². The van der Waals surface area contributed by atoms with Gasteiger partial charge in [-0.05, 0) is 42.8 Å². The van der Waals surface area contributed by atoms with E-state index in [2.05, 4.69) is 5.32 Å². The molecule has 0 spiro atoms. The fraction of sp³-hybridized carbons (Fsp3) is 0.273. The lowest BCUT2D eigenvalue weighted by molar-refractivity contribution is -0.148. The molecule has 0 bridgehead atoms. The zero-order valence-electron chi connectivity index (χ0n) is 17.6. The number of methoxy groups -OCH3 is 4. The summed E-state index contributed by atoms with van der Waals surface area (Å²) in [4.78, 5) is 24.5. The third-order valence-corrected chi connectivity index (χ3v) is 4.13. The molecule has 8 nitrogen and oxygen atoms in total. The number of hydrogen-bond acceptors (Lipinski definition) is 7. The number of carbonyl (C=O) groups excluding carboxylic acids is 2. The minimum Gasteiger partial charge on any atom is -0.495 e. The predicted octanol–water partition coefficient (Wildman–Crippen LogP) is 3.30. The fourth-order valence-corrected chi connectivity index (χ4v) is 2.61. The molecule has 0 aliphatic carbocycles. The molecule has 0 aromatic heterocycles. The van der Waals surface area contributed by atoms with Gasteiger partial charge in [0.2, 0.25) is 5.75 Å². The van der Waals surface area contributed by atoms with Crippen LogP contribution in [0.2, 0.25) is 0 Å². The Labute approximate surface area is 175 Å². The van der Waals surface area contributed by atoms with Gasteiger partial charge in [0.25, 0.3) is 5.91 Å². The van der Waals surface area contributed by atoms with E-state index in [0.717, 1.165) is 0 Å². The van der Waals surface area contributed by atoms with Gasteiger partial charge < -0.3 is 29.0 Å². The second-order valence-electron chi connectivity index (χ2n) is 6.06. The highest BCUT2D eigenvalue weighted by Gasteiger charge is 2.18. The Bertz CT molecular complexity index is 898. The first-order chi connectivity index (χ1) is 14.4. The van der Waals surface area contributed by atoms with Gasteiger partial charge in [-0.15, -0.1) is 0 Å². The van der Waals surface area contributed by atoms with Gasteiger partial charge in [0.05, 0.1) is 34.1 Å². The summed E-state index contributed by atoms with van der Waals surface area (Å²) in [7, 11) is 6.01. The van der Waals surface area contributed by atoms with E-state index in [1.54, 1.807) is 36.4 Å². The van der Waals surface area contributed by atoms with E-state index < -0.39 is 18.0 Å². The summed E-state index contributed by atoms with van der Waals surface area (Å²) in [5.74, 6) is 0.706. The third kappa shape index (κ3) is 5.66.